The zero-order valence-electron chi connectivity index (χ0n) is 16.1. The Kier molecular flexibility index (Phi) is 6.26. The predicted octanol–water partition coefficient (Wildman–Crippen LogP) is 3.59. The summed E-state index contributed by atoms with van der Waals surface area (Å²) in [6, 6.07) is 10.9. The normalized spacial score (nSPS) is 11.9. The van der Waals surface area contributed by atoms with E-state index in [2.05, 4.69) is 20.5 Å². The van der Waals surface area contributed by atoms with Crippen LogP contribution in [0.15, 0.2) is 48.8 Å². The molecule has 0 saturated heterocycles. The van der Waals surface area contributed by atoms with Crippen LogP contribution in [-0.2, 0) is 0 Å². The molecule has 3 aromatic rings. The van der Waals surface area contributed by atoms with Crippen molar-refractivity contribution < 1.29 is 4.79 Å². The number of pyridine rings is 1. The first kappa shape index (κ1) is 19.8. The summed E-state index contributed by atoms with van der Waals surface area (Å²) in [5.41, 5.74) is 1.99. The van der Waals surface area contributed by atoms with Gasteiger partial charge in [0.05, 0.1) is 23.6 Å². The number of carbonyl (C=O) groups is 1. The van der Waals surface area contributed by atoms with Crippen molar-refractivity contribution in [2.75, 3.05) is 18.9 Å². The van der Waals surface area contributed by atoms with Crippen LogP contribution in [0.2, 0.25) is 5.02 Å². The lowest BCUT2D eigenvalue weighted by atomic mass is 10.1. The van der Waals surface area contributed by atoms with Crippen LogP contribution in [0.1, 0.15) is 29.4 Å². The summed E-state index contributed by atoms with van der Waals surface area (Å²) in [5.74, 6) is 0.657. The minimum absolute atomic E-state index is 0.0211. The molecule has 28 heavy (non-hydrogen) atoms. The van der Waals surface area contributed by atoms with E-state index in [4.69, 9.17) is 11.6 Å². The number of hydrogen-bond donors (Lipinski definition) is 1. The molecule has 0 aliphatic rings. The molecule has 1 atom stereocenters. The van der Waals surface area contributed by atoms with Gasteiger partial charge in [0.2, 0.25) is 0 Å². The van der Waals surface area contributed by atoms with Crippen molar-refractivity contribution in [1.29, 1.82) is 0 Å². The van der Waals surface area contributed by atoms with Crippen molar-refractivity contribution >= 4 is 23.3 Å². The Balaban J connectivity index is 1.80. The zero-order valence-corrected chi connectivity index (χ0v) is 16.9. The van der Waals surface area contributed by atoms with Gasteiger partial charge in [-0.1, -0.05) is 24.6 Å². The Morgan fingerprint density at radius 3 is 2.68 bits per heavy atom. The molecule has 3 rings (SSSR count). The molecular weight excluding hydrogens is 376 g/mol. The molecule has 0 bridgehead atoms. The maximum absolute atomic E-state index is 13.2. The molecule has 0 aliphatic heterocycles. The van der Waals surface area contributed by atoms with Gasteiger partial charge in [0.25, 0.3) is 5.91 Å². The van der Waals surface area contributed by atoms with Crippen LogP contribution in [0.5, 0.6) is 0 Å². The molecule has 1 unspecified atom stereocenters. The number of nitrogens with one attached hydrogen (secondary N) is 1. The summed E-state index contributed by atoms with van der Waals surface area (Å²) >= 11 is 6.16. The van der Waals surface area contributed by atoms with E-state index in [1.54, 1.807) is 42.5 Å². The van der Waals surface area contributed by atoms with Gasteiger partial charge in [-0.15, -0.1) is 0 Å². The van der Waals surface area contributed by atoms with Gasteiger partial charge in [-0.3, -0.25) is 4.79 Å². The van der Waals surface area contributed by atoms with E-state index in [0.717, 1.165) is 17.9 Å². The number of nitrogens with zero attached hydrogens (tertiary/aromatic N) is 5. The fourth-order valence-corrected chi connectivity index (χ4v) is 3.14. The van der Waals surface area contributed by atoms with Crippen LogP contribution in [0.3, 0.4) is 0 Å². The highest BCUT2D eigenvalue weighted by atomic mass is 35.5. The van der Waals surface area contributed by atoms with Gasteiger partial charge < -0.3 is 10.2 Å². The molecule has 146 valence electrons. The first-order valence-electron chi connectivity index (χ1n) is 9.10. The number of likely N-dealkylation sites (N-methyl/N-ethyl adjacent to an activating group) is 1. The van der Waals surface area contributed by atoms with E-state index in [1.165, 1.54) is 4.80 Å². The summed E-state index contributed by atoms with van der Waals surface area (Å²) in [7, 11) is 1.79. The van der Waals surface area contributed by atoms with Gasteiger partial charge in [-0.25, -0.2) is 4.98 Å². The lowest BCUT2D eigenvalue weighted by Crippen LogP contribution is -2.41. The molecule has 0 fully saturated rings. The standard InChI is InChI=1S/C20H23ClN6O/c1-4-16(13-22-19-7-5-6-14(2)25-19)26(3)20(28)17-12-15(21)8-9-18(17)27-23-10-11-24-27/h5-12,16H,4,13H2,1-3H3,(H,22,25). The van der Waals surface area contributed by atoms with Crippen LogP contribution in [0.4, 0.5) is 5.82 Å². The second-order valence-corrected chi connectivity index (χ2v) is 6.94. The summed E-state index contributed by atoms with van der Waals surface area (Å²) < 4.78 is 0. The summed E-state index contributed by atoms with van der Waals surface area (Å²) in [6.07, 6.45) is 3.93. The number of amides is 1. The lowest BCUT2D eigenvalue weighted by molar-refractivity contribution is 0.0735. The fraction of sp³-hybridized carbons (Fsp3) is 0.300. The number of anilines is 1. The largest absolute Gasteiger partial charge is 0.368 e. The van der Waals surface area contributed by atoms with Gasteiger partial charge >= 0.3 is 0 Å². The maximum Gasteiger partial charge on any atom is 0.256 e. The summed E-state index contributed by atoms with van der Waals surface area (Å²) in [5, 5.41) is 12.1. The molecule has 0 radical (unpaired) electrons. The molecule has 0 saturated carbocycles. The molecule has 0 spiro atoms. The number of aryl methyl sites for hydroxylation is 1. The molecule has 2 aromatic heterocycles. The number of benzene rings is 1. The first-order chi connectivity index (χ1) is 13.5. The highest BCUT2D eigenvalue weighted by molar-refractivity contribution is 6.31. The molecule has 7 nitrogen and oxygen atoms in total. The van der Waals surface area contributed by atoms with Gasteiger partial charge in [0.1, 0.15) is 5.82 Å². The monoisotopic (exact) mass is 398 g/mol. The van der Waals surface area contributed by atoms with Crippen LogP contribution in [-0.4, -0.2) is 50.4 Å². The minimum Gasteiger partial charge on any atom is -0.368 e. The molecule has 8 heteroatoms. The zero-order chi connectivity index (χ0) is 20.1. The Labute approximate surface area is 169 Å². The van der Waals surface area contributed by atoms with E-state index in [-0.39, 0.29) is 11.9 Å². The van der Waals surface area contributed by atoms with Crippen LogP contribution >= 0.6 is 11.6 Å². The SMILES string of the molecule is CCC(CNc1cccc(C)n1)N(C)C(=O)c1cc(Cl)ccc1-n1nccn1. The fourth-order valence-electron chi connectivity index (χ4n) is 2.97. The van der Waals surface area contributed by atoms with Gasteiger partial charge in [-0.05, 0) is 43.7 Å². The molecule has 1 aromatic carbocycles. The Morgan fingerprint density at radius 2 is 2.00 bits per heavy atom. The molecule has 1 amide bonds. The summed E-state index contributed by atoms with van der Waals surface area (Å²) in [6.45, 7) is 4.58. The predicted molar refractivity (Wildman–Crippen MR) is 110 cm³/mol. The minimum atomic E-state index is -0.138. The van der Waals surface area contributed by atoms with Crippen LogP contribution in [0, 0.1) is 6.92 Å². The van der Waals surface area contributed by atoms with E-state index in [9.17, 15) is 4.79 Å². The van der Waals surface area contributed by atoms with Crippen molar-refractivity contribution in [2.45, 2.75) is 26.3 Å². The van der Waals surface area contributed by atoms with Crippen LogP contribution < -0.4 is 5.32 Å². The van der Waals surface area contributed by atoms with Gasteiger partial charge in [0.15, 0.2) is 0 Å². The third-order valence-corrected chi connectivity index (χ3v) is 4.80. The van der Waals surface area contributed by atoms with Crippen molar-refractivity contribution in [1.82, 2.24) is 24.9 Å². The van der Waals surface area contributed by atoms with E-state index < -0.39 is 0 Å². The number of halogens is 1. The third-order valence-electron chi connectivity index (χ3n) is 4.57. The molecular formula is C20H23ClN6O. The molecule has 1 N–H and O–H groups in total. The Hall–Kier alpha value is -2.93. The van der Waals surface area contributed by atoms with Crippen LogP contribution in [0.25, 0.3) is 5.69 Å². The van der Waals surface area contributed by atoms with Gasteiger partial charge in [0, 0.05) is 30.4 Å². The smallest absolute Gasteiger partial charge is 0.256 e. The second kappa shape index (κ2) is 8.84. The molecule has 2 heterocycles. The number of rotatable bonds is 7. The van der Waals surface area contributed by atoms with Gasteiger partial charge in [-0.2, -0.15) is 15.0 Å². The number of hydrogen-bond acceptors (Lipinski definition) is 5. The average Bonchev–Trinajstić information content (AvgIpc) is 3.22. The highest BCUT2D eigenvalue weighted by Crippen LogP contribution is 2.21. The second-order valence-electron chi connectivity index (χ2n) is 6.50. The highest BCUT2D eigenvalue weighted by Gasteiger charge is 2.23. The quantitative estimate of drug-likeness (QED) is 0.658. The van der Waals surface area contributed by atoms with E-state index in [0.29, 0.717) is 22.8 Å². The maximum atomic E-state index is 13.2. The van der Waals surface area contributed by atoms with Crippen molar-refractivity contribution in [2.24, 2.45) is 0 Å². The third kappa shape index (κ3) is 4.48. The summed E-state index contributed by atoms with van der Waals surface area (Å²) in [4.78, 5) is 20.8. The number of carbonyl (C=O) groups excluding carboxylic acids is 1. The number of aromatic nitrogens is 4. The van der Waals surface area contributed by atoms with Crippen molar-refractivity contribution in [3.63, 3.8) is 0 Å². The lowest BCUT2D eigenvalue weighted by Gasteiger charge is -2.28. The molecule has 0 aliphatic carbocycles. The Bertz CT molecular complexity index is 944. The van der Waals surface area contributed by atoms with E-state index >= 15 is 0 Å². The van der Waals surface area contributed by atoms with Crippen molar-refractivity contribution in [3.05, 3.63) is 65.1 Å². The van der Waals surface area contributed by atoms with Crippen molar-refractivity contribution in [3.8, 4) is 5.69 Å². The van der Waals surface area contributed by atoms with E-state index in [1.807, 2.05) is 32.0 Å². The topological polar surface area (TPSA) is 75.9 Å². The average molecular weight is 399 g/mol. The first-order valence-corrected chi connectivity index (χ1v) is 9.48. The Morgan fingerprint density at radius 1 is 1.25 bits per heavy atom.